The Morgan fingerprint density at radius 2 is 1.88 bits per heavy atom. The highest BCUT2D eigenvalue weighted by Crippen LogP contribution is 2.24. The van der Waals surface area contributed by atoms with E-state index in [2.05, 4.69) is 13.8 Å². The molecule has 0 aliphatic rings. The van der Waals surface area contributed by atoms with Crippen molar-refractivity contribution in [2.45, 2.75) is 34.1 Å². The summed E-state index contributed by atoms with van der Waals surface area (Å²) >= 11 is 0. The lowest BCUT2D eigenvalue weighted by molar-refractivity contribution is 0.0967. The van der Waals surface area contributed by atoms with Gasteiger partial charge in [-0.2, -0.15) is 0 Å². The maximum absolute atomic E-state index is 12.0. The molecule has 0 saturated carbocycles. The van der Waals surface area contributed by atoms with Crippen LogP contribution in [0.15, 0.2) is 12.1 Å². The van der Waals surface area contributed by atoms with Gasteiger partial charge in [-0.05, 0) is 43.0 Å². The quantitative estimate of drug-likeness (QED) is 0.725. The molecule has 1 aromatic rings. The Hall–Kier alpha value is -1.31. The van der Waals surface area contributed by atoms with Crippen LogP contribution in [0.5, 0.6) is 5.75 Å². The Morgan fingerprint density at radius 3 is 2.38 bits per heavy atom. The fourth-order valence-electron chi connectivity index (χ4n) is 1.79. The fraction of sp³-hybridized carbons (Fsp3) is 0.500. The molecule has 0 N–H and O–H groups in total. The Morgan fingerprint density at radius 1 is 1.25 bits per heavy atom. The van der Waals surface area contributed by atoms with Gasteiger partial charge in [-0.15, -0.1) is 0 Å². The maximum Gasteiger partial charge on any atom is 0.163 e. The monoisotopic (exact) mass is 220 g/mol. The van der Waals surface area contributed by atoms with Crippen LogP contribution in [0.1, 0.15) is 41.8 Å². The van der Waals surface area contributed by atoms with E-state index in [0.717, 1.165) is 22.4 Å². The van der Waals surface area contributed by atoms with Crippen LogP contribution in [0.2, 0.25) is 0 Å². The Kier molecular flexibility index (Phi) is 4.11. The molecule has 2 nitrogen and oxygen atoms in total. The number of carbonyl (C=O) groups excluding carboxylic acids is 1. The van der Waals surface area contributed by atoms with E-state index >= 15 is 0 Å². The van der Waals surface area contributed by atoms with E-state index in [1.807, 2.05) is 26.0 Å². The topological polar surface area (TPSA) is 26.3 Å². The summed E-state index contributed by atoms with van der Waals surface area (Å²) in [6.45, 7) is 8.03. The van der Waals surface area contributed by atoms with Crippen molar-refractivity contribution in [2.24, 2.45) is 5.92 Å². The van der Waals surface area contributed by atoms with Crippen LogP contribution in [0.25, 0.3) is 0 Å². The minimum atomic E-state index is 0.221. The number of hydrogen-bond acceptors (Lipinski definition) is 2. The second kappa shape index (κ2) is 5.15. The first-order chi connectivity index (χ1) is 7.45. The third kappa shape index (κ3) is 2.84. The van der Waals surface area contributed by atoms with Crippen molar-refractivity contribution in [3.05, 3.63) is 28.8 Å². The van der Waals surface area contributed by atoms with E-state index in [1.165, 1.54) is 0 Å². The summed E-state index contributed by atoms with van der Waals surface area (Å²) in [5.74, 6) is 1.46. The third-order valence-electron chi connectivity index (χ3n) is 2.64. The lowest BCUT2D eigenvalue weighted by atomic mass is 9.96. The molecule has 1 rings (SSSR count). The second-order valence-electron chi connectivity index (χ2n) is 4.66. The van der Waals surface area contributed by atoms with E-state index < -0.39 is 0 Å². The fourth-order valence-corrected chi connectivity index (χ4v) is 1.79. The van der Waals surface area contributed by atoms with Gasteiger partial charge in [-0.1, -0.05) is 13.8 Å². The van der Waals surface area contributed by atoms with Crippen LogP contribution in [-0.4, -0.2) is 12.9 Å². The molecule has 0 aromatic heterocycles. The number of rotatable bonds is 4. The molecule has 0 fully saturated rings. The summed E-state index contributed by atoms with van der Waals surface area (Å²) in [6, 6.07) is 3.86. The molecule has 0 unspecified atom stereocenters. The number of Topliss-reactive ketones (excluding diaryl/α,β-unsaturated/α-hetero) is 1. The molecule has 88 valence electrons. The first-order valence-electron chi connectivity index (χ1n) is 5.64. The summed E-state index contributed by atoms with van der Waals surface area (Å²) in [7, 11) is 1.65. The Bertz CT molecular complexity index is 392. The normalized spacial score (nSPS) is 10.6. The van der Waals surface area contributed by atoms with Gasteiger partial charge in [-0.3, -0.25) is 4.79 Å². The molecule has 0 aliphatic heterocycles. The van der Waals surface area contributed by atoms with Gasteiger partial charge >= 0.3 is 0 Å². The van der Waals surface area contributed by atoms with E-state index in [-0.39, 0.29) is 5.78 Å². The van der Waals surface area contributed by atoms with Crippen LogP contribution < -0.4 is 4.74 Å². The van der Waals surface area contributed by atoms with Gasteiger partial charge in [0.15, 0.2) is 5.78 Å². The lowest BCUT2D eigenvalue weighted by Crippen LogP contribution is -2.06. The molecule has 0 spiro atoms. The molecule has 0 aliphatic carbocycles. The van der Waals surface area contributed by atoms with Crippen molar-refractivity contribution >= 4 is 5.78 Å². The first kappa shape index (κ1) is 12.8. The third-order valence-corrected chi connectivity index (χ3v) is 2.64. The van der Waals surface area contributed by atoms with Gasteiger partial charge < -0.3 is 4.74 Å². The van der Waals surface area contributed by atoms with Gasteiger partial charge in [0.1, 0.15) is 5.75 Å². The zero-order chi connectivity index (χ0) is 12.3. The van der Waals surface area contributed by atoms with Crippen LogP contribution >= 0.6 is 0 Å². The lowest BCUT2D eigenvalue weighted by Gasteiger charge is -2.11. The molecule has 16 heavy (non-hydrogen) atoms. The van der Waals surface area contributed by atoms with E-state index in [1.54, 1.807) is 7.11 Å². The zero-order valence-corrected chi connectivity index (χ0v) is 10.8. The zero-order valence-electron chi connectivity index (χ0n) is 10.8. The highest BCUT2D eigenvalue weighted by Gasteiger charge is 2.13. The summed E-state index contributed by atoms with van der Waals surface area (Å²) in [5, 5.41) is 0. The molecule has 0 atom stereocenters. The SMILES string of the molecule is COc1cc(C)c(C(=O)CC(C)C)cc1C. The summed E-state index contributed by atoms with van der Waals surface area (Å²) in [6.07, 6.45) is 0.604. The van der Waals surface area contributed by atoms with Crippen LogP contribution in [0.3, 0.4) is 0 Å². The average molecular weight is 220 g/mol. The van der Waals surface area contributed by atoms with Gasteiger partial charge in [-0.25, -0.2) is 0 Å². The van der Waals surface area contributed by atoms with E-state index in [9.17, 15) is 4.79 Å². The molecule has 0 amide bonds. The largest absolute Gasteiger partial charge is 0.496 e. The van der Waals surface area contributed by atoms with Gasteiger partial charge in [0.25, 0.3) is 0 Å². The van der Waals surface area contributed by atoms with E-state index in [0.29, 0.717) is 12.3 Å². The van der Waals surface area contributed by atoms with Crippen molar-refractivity contribution in [2.75, 3.05) is 7.11 Å². The van der Waals surface area contributed by atoms with Crippen LogP contribution in [-0.2, 0) is 0 Å². The number of ether oxygens (including phenoxy) is 1. The van der Waals surface area contributed by atoms with Gasteiger partial charge in [0.05, 0.1) is 7.11 Å². The Labute approximate surface area is 97.6 Å². The van der Waals surface area contributed by atoms with Crippen molar-refractivity contribution in [3.8, 4) is 5.75 Å². The smallest absolute Gasteiger partial charge is 0.163 e. The molecule has 1 aromatic carbocycles. The van der Waals surface area contributed by atoms with Gasteiger partial charge in [0.2, 0.25) is 0 Å². The van der Waals surface area contributed by atoms with Crippen molar-refractivity contribution in [1.82, 2.24) is 0 Å². The number of ketones is 1. The minimum absolute atomic E-state index is 0.221. The number of aryl methyl sites for hydroxylation is 2. The molecule has 2 heteroatoms. The predicted molar refractivity (Wildman–Crippen MR) is 66.3 cm³/mol. The van der Waals surface area contributed by atoms with Gasteiger partial charge in [0, 0.05) is 12.0 Å². The maximum atomic E-state index is 12.0. The number of methoxy groups -OCH3 is 1. The van der Waals surface area contributed by atoms with E-state index in [4.69, 9.17) is 4.74 Å². The van der Waals surface area contributed by atoms with Crippen molar-refractivity contribution in [3.63, 3.8) is 0 Å². The van der Waals surface area contributed by atoms with Crippen molar-refractivity contribution < 1.29 is 9.53 Å². The minimum Gasteiger partial charge on any atom is -0.496 e. The average Bonchev–Trinajstić information content (AvgIpc) is 2.19. The number of carbonyl (C=O) groups is 1. The predicted octanol–water partition coefficient (Wildman–Crippen LogP) is 3.54. The second-order valence-corrected chi connectivity index (χ2v) is 4.66. The molecule has 0 bridgehead atoms. The first-order valence-corrected chi connectivity index (χ1v) is 5.64. The summed E-state index contributed by atoms with van der Waals surface area (Å²) in [4.78, 5) is 12.0. The van der Waals surface area contributed by atoms with Crippen LogP contribution in [0, 0.1) is 19.8 Å². The molecule has 0 saturated heterocycles. The Balaban J connectivity index is 3.06. The van der Waals surface area contributed by atoms with Crippen LogP contribution in [0.4, 0.5) is 0 Å². The molecule has 0 heterocycles. The summed E-state index contributed by atoms with van der Waals surface area (Å²) in [5.41, 5.74) is 2.83. The molecular weight excluding hydrogens is 200 g/mol. The molecular formula is C14H20O2. The van der Waals surface area contributed by atoms with Crippen molar-refractivity contribution in [1.29, 1.82) is 0 Å². The number of benzene rings is 1. The highest BCUT2D eigenvalue weighted by molar-refractivity contribution is 5.97. The number of hydrogen-bond donors (Lipinski definition) is 0. The highest BCUT2D eigenvalue weighted by atomic mass is 16.5. The molecule has 0 radical (unpaired) electrons. The standard InChI is InChI=1S/C14H20O2/c1-9(2)6-13(15)12-7-11(4)14(16-5)8-10(12)3/h7-9H,6H2,1-5H3. The summed E-state index contributed by atoms with van der Waals surface area (Å²) < 4.78 is 5.23.